The minimum absolute atomic E-state index is 0.128. The van der Waals surface area contributed by atoms with E-state index in [1.165, 1.54) is 38.5 Å². The SMILES string of the molecule is NC(=O)N/C(N)=N\SC12CC3CC(CC(C3)C1)C2. The van der Waals surface area contributed by atoms with Gasteiger partial charge in [0, 0.05) is 4.75 Å². The van der Waals surface area contributed by atoms with Crippen LogP contribution in [0.2, 0.25) is 0 Å². The van der Waals surface area contributed by atoms with Crippen LogP contribution in [-0.2, 0) is 0 Å². The third-order valence-electron chi connectivity index (χ3n) is 4.57. The van der Waals surface area contributed by atoms with Crippen LogP contribution in [0.25, 0.3) is 0 Å². The molecule has 4 bridgehead atoms. The Labute approximate surface area is 111 Å². The first-order valence-corrected chi connectivity index (χ1v) is 7.40. The van der Waals surface area contributed by atoms with Gasteiger partial charge in [-0.1, -0.05) is 0 Å². The number of amides is 2. The lowest BCUT2D eigenvalue weighted by Crippen LogP contribution is -2.48. The van der Waals surface area contributed by atoms with Crippen LogP contribution >= 0.6 is 11.9 Å². The Morgan fingerprint density at radius 3 is 2.06 bits per heavy atom. The molecule has 0 aromatic rings. The maximum absolute atomic E-state index is 10.7. The van der Waals surface area contributed by atoms with Gasteiger partial charge in [0.05, 0.1) is 0 Å². The summed E-state index contributed by atoms with van der Waals surface area (Å²) in [4.78, 5) is 10.7. The molecule has 6 heteroatoms. The number of nitrogens with two attached hydrogens (primary N) is 2. The minimum Gasteiger partial charge on any atom is -0.369 e. The van der Waals surface area contributed by atoms with Crippen molar-refractivity contribution in [2.75, 3.05) is 0 Å². The first kappa shape index (κ1) is 12.1. The molecule has 0 aromatic carbocycles. The van der Waals surface area contributed by atoms with Gasteiger partial charge in [-0.3, -0.25) is 5.32 Å². The van der Waals surface area contributed by atoms with Gasteiger partial charge in [-0.25, -0.2) is 4.79 Å². The van der Waals surface area contributed by atoms with Crippen molar-refractivity contribution in [2.24, 2.45) is 33.6 Å². The van der Waals surface area contributed by atoms with Gasteiger partial charge in [0.15, 0.2) is 0 Å². The summed E-state index contributed by atoms with van der Waals surface area (Å²) >= 11 is 1.58. The normalized spacial score (nSPS) is 42.0. The van der Waals surface area contributed by atoms with Crippen molar-refractivity contribution in [3.05, 3.63) is 0 Å². The molecule has 4 aliphatic carbocycles. The zero-order chi connectivity index (χ0) is 12.8. The Hall–Kier alpha value is -0.910. The lowest BCUT2D eigenvalue weighted by molar-refractivity contribution is 0.0383. The van der Waals surface area contributed by atoms with Crippen molar-refractivity contribution in [3.8, 4) is 0 Å². The number of carbonyl (C=O) groups excluding carboxylic acids is 1. The van der Waals surface area contributed by atoms with Crippen LogP contribution in [0.4, 0.5) is 4.79 Å². The number of nitrogens with zero attached hydrogens (tertiary/aromatic N) is 1. The van der Waals surface area contributed by atoms with Crippen molar-refractivity contribution in [2.45, 2.75) is 43.3 Å². The van der Waals surface area contributed by atoms with E-state index in [1.54, 1.807) is 11.9 Å². The molecular weight excluding hydrogens is 248 g/mol. The molecule has 0 saturated heterocycles. The standard InChI is InChI=1S/C12H20N4OS/c13-10(15-11(14)17)16-18-12-4-7-1-8(5-12)3-9(2-7)6-12/h7-9H,1-6H2,(H5,13,14,15,16,17). The molecule has 18 heavy (non-hydrogen) atoms. The Morgan fingerprint density at radius 1 is 1.11 bits per heavy atom. The van der Waals surface area contributed by atoms with E-state index >= 15 is 0 Å². The fraction of sp³-hybridized carbons (Fsp3) is 0.833. The van der Waals surface area contributed by atoms with Crippen LogP contribution in [-0.4, -0.2) is 16.7 Å². The van der Waals surface area contributed by atoms with Crippen molar-refractivity contribution in [3.63, 3.8) is 0 Å². The van der Waals surface area contributed by atoms with E-state index in [-0.39, 0.29) is 10.7 Å². The Balaban J connectivity index is 1.67. The molecule has 5 nitrogen and oxygen atoms in total. The molecule has 0 aliphatic heterocycles. The highest BCUT2D eigenvalue weighted by Crippen LogP contribution is 2.60. The molecule has 0 spiro atoms. The highest BCUT2D eigenvalue weighted by molar-refractivity contribution is 7.99. The van der Waals surface area contributed by atoms with Crippen LogP contribution in [0.1, 0.15) is 38.5 Å². The zero-order valence-electron chi connectivity index (χ0n) is 10.4. The number of urea groups is 1. The third-order valence-corrected chi connectivity index (χ3v) is 5.75. The fourth-order valence-electron chi connectivity index (χ4n) is 4.44. The molecule has 4 rings (SSSR count). The van der Waals surface area contributed by atoms with Crippen LogP contribution in [0, 0.1) is 17.8 Å². The van der Waals surface area contributed by atoms with Gasteiger partial charge in [-0.15, -0.1) is 0 Å². The molecule has 0 atom stereocenters. The van der Waals surface area contributed by atoms with Gasteiger partial charge in [0.2, 0.25) is 5.96 Å². The quantitative estimate of drug-likeness (QED) is 0.403. The topological polar surface area (TPSA) is 93.5 Å². The van der Waals surface area contributed by atoms with Gasteiger partial charge < -0.3 is 11.5 Å². The molecule has 0 heterocycles. The maximum Gasteiger partial charge on any atom is 0.318 e. The van der Waals surface area contributed by atoms with E-state index < -0.39 is 6.03 Å². The molecule has 5 N–H and O–H groups in total. The van der Waals surface area contributed by atoms with Crippen LogP contribution < -0.4 is 16.8 Å². The minimum atomic E-state index is -0.651. The summed E-state index contributed by atoms with van der Waals surface area (Å²) in [6.07, 6.45) is 8.03. The average Bonchev–Trinajstić information content (AvgIpc) is 2.23. The van der Waals surface area contributed by atoms with Crippen molar-refractivity contribution >= 4 is 23.9 Å². The Kier molecular flexibility index (Phi) is 2.92. The lowest BCUT2D eigenvalue weighted by Gasteiger charge is -2.55. The van der Waals surface area contributed by atoms with E-state index in [9.17, 15) is 4.79 Å². The van der Waals surface area contributed by atoms with Crippen molar-refractivity contribution < 1.29 is 4.79 Å². The van der Waals surface area contributed by atoms with E-state index in [0.29, 0.717) is 0 Å². The second-order valence-corrected chi connectivity index (χ2v) is 7.39. The van der Waals surface area contributed by atoms with Gasteiger partial charge in [-0.05, 0) is 68.2 Å². The summed E-state index contributed by atoms with van der Waals surface area (Å²) in [7, 11) is 0. The number of rotatable bonds is 2. The number of nitrogens with one attached hydrogen (secondary N) is 1. The molecule has 4 saturated carbocycles. The summed E-state index contributed by atoms with van der Waals surface area (Å²) in [6, 6.07) is -0.651. The first-order chi connectivity index (χ1) is 8.55. The molecule has 2 amide bonds. The second-order valence-electron chi connectivity index (χ2n) is 6.16. The van der Waals surface area contributed by atoms with Gasteiger partial charge >= 0.3 is 6.03 Å². The van der Waals surface area contributed by atoms with E-state index in [1.807, 2.05) is 0 Å². The van der Waals surface area contributed by atoms with E-state index in [4.69, 9.17) is 11.5 Å². The Bertz CT molecular complexity index is 360. The average molecular weight is 268 g/mol. The fourth-order valence-corrected chi connectivity index (χ4v) is 5.71. The number of hydrogen-bond acceptors (Lipinski definition) is 3. The first-order valence-electron chi connectivity index (χ1n) is 6.63. The largest absolute Gasteiger partial charge is 0.369 e. The highest BCUT2D eigenvalue weighted by Gasteiger charge is 2.51. The van der Waals surface area contributed by atoms with Gasteiger partial charge in [0.25, 0.3) is 0 Å². The highest BCUT2D eigenvalue weighted by atomic mass is 32.2. The molecule has 0 aromatic heterocycles. The lowest BCUT2D eigenvalue weighted by atomic mass is 9.56. The smallest absolute Gasteiger partial charge is 0.318 e. The number of primary amides is 1. The summed E-state index contributed by atoms with van der Waals surface area (Å²) in [5, 5.41) is 2.32. The summed E-state index contributed by atoms with van der Waals surface area (Å²) in [5.74, 6) is 2.81. The number of guanidine groups is 1. The van der Waals surface area contributed by atoms with E-state index in [2.05, 4.69) is 9.71 Å². The summed E-state index contributed by atoms with van der Waals surface area (Å²) < 4.78 is 4.53. The predicted molar refractivity (Wildman–Crippen MR) is 72.8 cm³/mol. The van der Waals surface area contributed by atoms with Crippen LogP contribution in [0.5, 0.6) is 0 Å². The maximum atomic E-state index is 10.7. The second kappa shape index (κ2) is 4.33. The summed E-state index contributed by atoms with van der Waals surface area (Å²) in [5.41, 5.74) is 10.6. The van der Waals surface area contributed by atoms with Gasteiger partial charge in [-0.2, -0.15) is 4.40 Å². The molecule has 0 unspecified atom stereocenters. The van der Waals surface area contributed by atoms with Crippen LogP contribution in [0.15, 0.2) is 4.40 Å². The number of hydrogen-bond donors (Lipinski definition) is 3. The molecule has 4 aliphatic rings. The third kappa shape index (κ3) is 2.30. The summed E-state index contributed by atoms with van der Waals surface area (Å²) in [6.45, 7) is 0. The molecule has 4 fully saturated rings. The van der Waals surface area contributed by atoms with Gasteiger partial charge in [0.1, 0.15) is 0 Å². The predicted octanol–water partition coefficient (Wildman–Crippen LogP) is 1.59. The van der Waals surface area contributed by atoms with E-state index in [0.717, 1.165) is 17.8 Å². The van der Waals surface area contributed by atoms with Crippen molar-refractivity contribution in [1.29, 1.82) is 0 Å². The monoisotopic (exact) mass is 268 g/mol. The molecule has 100 valence electrons. The zero-order valence-corrected chi connectivity index (χ0v) is 11.2. The van der Waals surface area contributed by atoms with Crippen LogP contribution in [0.3, 0.4) is 0 Å². The number of carbonyl (C=O) groups is 1. The van der Waals surface area contributed by atoms with Crippen molar-refractivity contribution in [1.82, 2.24) is 5.32 Å². The molecule has 0 radical (unpaired) electrons. The molecular formula is C12H20N4OS. The Morgan fingerprint density at radius 2 is 1.61 bits per heavy atom.